The maximum atomic E-state index is 11.7. The fraction of sp³-hybridized carbons (Fsp3) is 0.467. The molecule has 0 aromatic carbocycles. The molecule has 4 heteroatoms. The van der Waals surface area contributed by atoms with Gasteiger partial charge < -0.3 is 10.5 Å². The van der Waals surface area contributed by atoms with Crippen molar-refractivity contribution in [2.24, 2.45) is 5.92 Å². The molecule has 0 radical (unpaired) electrons. The Morgan fingerprint density at radius 3 is 2.89 bits per heavy atom. The molecule has 0 amide bonds. The minimum atomic E-state index is -0.0884. The molecule has 1 atom stereocenters. The number of anilines is 1. The van der Waals surface area contributed by atoms with E-state index in [9.17, 15) is 4.79 Å². The van der Waals surface area contributed by atoms with Gasteiger partial charge in [-0.2, -0.15) is 0 Å². The molecule has 0 bridgehead atoms. The van der Waals surface area contributed by atoms with E-state index in [1.807, 2.05) is 26.0 Å². The number of carbonyl (C=O) groups is 1. The van der Waals surface area contributed by atoms with E-state index in [0.29, 0.717) is 6.61 Å². The third-order valence-electron chi connectivity index (χ3n) is 3.34. The first-order valence-corrected chi connectivity index (χ1v) is 6.70. The van der Waals surface area contributed by atoms with Crippen molar-refractivity contribution in [1.82, 2.24) is 4.98 Å². The first-order valence-electron chi connectivity index (χ1n) is 6.70. The largest absolute Gasteiger partial charge is 0.466 e. The fourth-order valence-corrected chi connectivity index (χ4v) is 2.40. The second kappa shape index (κ2) is 5.87. The minimum Gasteiger partial charge on any atom is -0.466 e. The van der Waals surface area contributed by atoms with Crippen molar-refractivity contribution in [3.8, 4) is 0 Å². The molecule has 1 heterocycles. The highest BCUT2D eigenvalue weighted by Crippen LogP contribution is 2.30. The summed E-state index contributed by atoms with van der Waals surface area (Å²) in [5.74, 6) is -0.0969. The van der Waals surface area contributed by atoms with E-state index in [2.05, 4.69) is 11.1 Å². The molecule has 4 nitrogen and oxygen atoms in total. The van der Waals surface area contributed by atoms with Gasteiger partial charge >= 0.3 is 5.97 Å². The van der Waals surface area contributed by atoms with E-state index >= 15 is 0 Å². The minimum absolute atomic E-state index is 0.00847. The van der Waals surface area contributed by atoms with Gasteiger partial charge in [0.2, 0.25) is 0 Å². The summed E-state index contributed by atoms with van der Waals surface area (Å²) >= 11 is 0. The molecule has 2 rings (SSSR count). The Kier molecular flexibility index (Phi) is 4.20. The van der Waals surface area contributed by atoms with Crippen LogP contribution in [0.15, 0.2) is 18.2 Å². The SMILES string of the molecule is CCOC(=O)C1CC=C(c2cc(N)cc(C)n2)CC1. The van der Waals surface area contributed by atoms with Crippen LogP contribution in [0.1, 0.15) is 37.6 Å². The van der Waals surface area contributed by atoms with Crippen LogP contribution >= 0.6 is 0 Å². The molecule has 0 saturated carbocycles. The molecule has 1 aliphatic carbocycles. The summed E-state index contributed by atoms with van der Waals surface area (Å²) in [6.07, 6.45) is 4.48. The number of ether oxygens (including phenoxy) is 1. The standard InChI is InChI=1S/C15H20N2O2/c1-3-19-15(18)12-6-4-11(5-7-12)14-9-13(16)8-10(2)17-14/h4,8-9,12H,3,5-7H2,1-2H3,(H2,16,17). The van der Waals surface area contributed by atoms with E-state index in [1.54, 1.807) is 0 Å². The lowest BCUT2D eigenvalue weighted by Gasteiger charge is -2.20. The Bertz CT molecular complexity index is 489. The Hall–Kier alpha value is -1.84. The number of aromatic nitrogens is 1. The molecule has 0 aliphatic heterocycles. The van der Waals surface area contributed by atoms with Crippen molar-refractivity contribution >= 4 is 17.2 Å². The molecule has 102 valence electrons. The van der Waals surface area contributed by atoms with Crippen molar-refractivity contribution in [1.29, 1.82) is 0 Å². The third kappa shape index (κ3) is 3.34. The van der Waals surface area contributed by atoms with Crippen molar-refractivity contribution < 1.29 is 9.53 Å². The molecule has 1 aromatic rings. The molecular weight excluding hydrogens is 240 g/mol. The monoisotopic (exact) mass is 260 g/mol. The lowest BCUT2D eigenvalue weighted by Crippen LogP contribution is -2.19. The molecule has 1 unspecified atom stereocenters. The van der Waals surface area contributed by atoms with Crippen LogP contribution in [0.3, 0.4) is 0 Å². The van der Waals surface area contributed by atoms with E-state index < -0.39 is 0 Å². The Morgan fingerprint density at radius 2 is 2.32 bits per heavy atom. The van der Waals surface area contributed by atoms with E-state index in [0.717, 1.165) is 36.3 Å². The maximum Gasteiger partial charge on any atom is 0.309 e. The van der Waals surface area contributed by atoms with Gasteiger partial charge in [-0.05, 0) is 50.8 Å². The molecule has 0 fully saturated rings. The summed E-state index contributed by atoms with van der Waals surface area (Å²) in [5, 5.41) is 0. The number of pyridine rings is 1. The number of allylic oxidation sites excluding steroid dienone is 2. The van der Waals surface area contributed by atoms with Gasteiger partial charge in [0.1, 0.15) is 0 Å². The fourth-order valence-electron chi connectivity index (χ4n) is 2.40. The number of nitrogens with zero attached hydrogens (tertiary/aromatic N) is 1. The van der Waals surface area contributed by atoms with Crippen LogP contribution in [0.5, 0.6) is 0 Å². The molecule has 1 aromatic heterocycles. The Morgan fingerprint density at radius 1 is 1.53 bits per heavy atom. The summed E-state index contributed by atoms with van der Waals surface area (Å²) in [7, 11) is 0. The van der Waals surface area contributed by atoms with Crippen molar-refractivity contribution in [2.75, 3.05) is 12.3 Å². The quantitative estimate of drug-likeness (QED) is 0.849. The van der Waals surface area contributed by atoms with Crippen molar-refractivity contribution in [3.63, 3.8) is 0 Å². The van der Waals surface area contributed by atoms with Crippen LogP contribution < -0.4 is 5.73 Å². The first kappa shape index (κ1) is 13.6. The van der Waals surface area contributed by atoms with Crippen LogP contribution in [0.4, 0.5) is 5.69 Å². The summed E-state index contributed by atoms with van der Waals surface area (Å²) in [5.41, 5.74) is 9.60. The van der Waals surface area contributed by atoms with Crippen molar-refractivity contribution in [2.45, 2.75) is 33.1 Å². The number of hydrogen-bond acceptors (Lipinski definition) is 4. The predicted octanol–water partition coefficient (Wildman–Crippen LogP) is 2.72. The Balaban J connectivity index is 2.10. The summed E-state index contributed by atoms with van der Waals surface area (Å²) in [6, 6.07) is 3.75. The highest BCUT2D eigenvalue weighted by atomic mass is 16.5. The highest BCUT2D eigenvalue weighted by Gasteiger charge is 2.23. The normalized spacial score (nSPS) is 18.8. The van der Waals surface area contributed by atoms with Crippen molar-refractivity contribution in [3.05, 3.63) is 29.6 Å². The number of nitrogen functional groups attached to an aromatic ring is 1. The topological polar surface area (TPSA) is 65.2 Å². The maximum absolute atomic E-state index is 11.7. The van der Waals surface area contributed by atoms with Gasteiger partial charge in [-0.15, -0.1) is 0 Å². The zero-order chi connectivity index (χ0) is 13.8. The number of carbonyl (C=O) groups excluding carboxylic acids is 1. The van der Waals surface area contributed by atoms with Gasteiger partial charge in [-0.25, -0.2) is 0 Å². The van der Waals surface area contributed by atoms with E-state index in [4.69, 9.17) is 10.5 Å². The Labute approximate surface area is 113 Å². The second-order valence-electron chi connectivity index (χ2n) is 4.88. The number of aryl methyl sites for hydroxylation is 1. The van der Waals surface area contributed by atoms with Gasteiger partial charge in [0.15, 0.2) is 0 Å². The molecule has 2 N–H and O–H groups in total. The van der Waals surface area contributed by atoms with Gasteiger partial charge in [0, 0.05) is 11.4 Å². The zero-order valence-electron chi connectivity index (χ0n) is 11.5. The van der Waals surface area contributed by atoms with Gasteiger partial charge in [-0.1, -0.05) is 6.08 Å². The zero-order valence-corrected chi connectivity index (χ0v) is 11.5. The van der Waals surface area contributed by atoms with Crippen LogP contribution in [0.2, 0.25) is 0 Å². The van der Waals surface area contributed by atoms with Gasteiger partial charge in [0.25, 0.3) is 0 Å². The summed E-state index contributed by atoms with van der Waals surface area (Å²) in [4.78, 5) is 16.2. The summed E-state index contributed by atoms with van der Waals surface area (Å²) in [6.45, 7) is 4.22. The molecule has 0 saturated heterocycles. The molecular formula is C15H20N2O2. The predicted molar refractivity (Wildman–Crippen MR) is 75.3 cm³/mol. The van der Waals surface area contributed by atoms with Crippen LogP contribution in [0, 0.1) is 12.8 Å². The number of rotatable bonds is 3. The molecule has 19 heavy (non-hydrogen) atoms. The average molecular weight is 260 g/mol. The third-order valence-corrected chi connectivity index (χ3v) is 3.34. The van der Waals surface area contributed by atoms with Gasteiger partial charge in [0.05, 0.1) is 18.2 Å². The highest BCUT2D eigenvalue weighted by molar-refractivity contribution is 5.75. The average Bonchev–Trinajstić information content (AvgIpc) is 2.38. The van der Waals surface area contributed by atoms with E-state index in [-0.39, 0.29) is 11.9 Å². The smallest absolute Gasteiger partial charge is 0.309 e. The lowest BCUT2D eigenvalue weighted by atomic mass is 9.88. The lowest BCUT2D eigenvalue weighted by molar-refractivity contribution is -0.148. The summed E-state index contributed by atoms with van der Waals surface area (Å²) < 4.78 is 5.06. The van der Waals surface area contributed by atoms with Crippen LogP contribution in [-0.2, 0) is 9.53 Å². The van der Waals surface area contributed by atoms with Gasteiger partial charge in [-0.3, -0.25) is 9.78 Å². The molecule has 1 aliphatic rings. The number of esters is 1. The van der Waals surface area contributed by atoms with Crippen LogP contribution in [0.25, 0.3) is 5.57 Å². The molecule has 0 spiro atoms. The van der Waals surface area contributed by atoms with Crippen LogP contribution in [-0.4, -0.2) is 17.6 Å². The number of nitrogens with two attached hydrogens (primary N) is 1. The first-order chi connectivity index (χ1) is 9.10. The second-order valence-corrected chi connectivity index (χ2v) is 4.88. The number of hydrogen-bond donors (Lipinski definition) is 1. The van der Waals surface area contributed by atoms with E-state index in [1.165, 1.54) is 5.57 Å².